The maximum Gasteiger partial charge on any atom is 0.327 e. The largest absolute Gasteiger partial charge is 0.456 e. The standard InChI is InChI=1S/C24H22N2O6S/c1-15(27)23(26-33(30,31)18-11-10-16-6-2-3-7-17(16)12-18)24(29)32-14-22(28)20-13-25-21-9-5-4-8-19(20)21/h2-13,15,23,25-27H,14H2,1H3/t15-,23-/m1/s1. The van der Waals surface area contributed by atoms with Crippen LogP contribution in [-0.4, -0.2) is 49.0 Å². The first kappa shape index (κ1) is 22.7. The van der Waals surface area contributed by atoms with Crippen molar-refractivity contribution >= 4 is 43.5 Å². The zero-order valence-corrected chi connectivity index (χ0v) is 18.5. The van der Waals surface area contributed by atoms with Gasteiger partial charge in [-0.1, -0.05) is 48.5 Å². The number of aliphatic hydroxyl groups is 1. The van der Waals surface area contributed by atoms with Crippen LogP contribution in [0.25, 0.3) is 21.7 Å². The average Bonchev–Trinajstić information content (AvgIpc) is 3.24. The van der Waals surface area contributed by atoms with Crippen LogP contribution in [0.3, 0.4) is 0 Å². The van der Waals surface area contributed by atoms with Gasteiger partial charge in [0.1, 0.15) is 6.04 Å². The summed E-state index contributed by atoms with van der Waals surface area (Å²) in [6, 6.07) is 17.4. The first-order valence-corrected chi connectivity index (χ1v) is 11.7. The highest BCUT2D eigenvalue weighted by atomic mass is 32.2. The predicted molar refractivity (Wildman–Crippen MR) is 123 cm³/mol. The molecule has 0 unspecified atom stereocenters. The zero-order valence-electron chi connectivity index (χ0n) is 17.7. The summed E-state index contributed by atoms with van der Waals surface area (Å²) < 4.78 is 33.0. The molecule has 3 aromatic carbocycles. The molecule has 0 aliphatic heterocycles. The van der Waals surface area contributed by atoms with E-state index in [0.29, 0.717) is 16.3 Å². The van der Waals surface area contributed by atoms with Crippen molar-refractivity contribution in [3.63, 3.8) is 0 Å². The summed E-state index contributed by atoms with van der Waals surface area (Å²) in [5.74, 6) is -1.51. The van der Waals surface area contributed by atoms with E-state index in [2.05, 4.69) is 9.71 Å². The van der Waals surface area contributed by atoms with Gasteiger partial charge in [-0.3, -0.25) is 9.59 Å². The second-order valence-corrected chi connectivity index (χ2v) is 9.34. The molecule has 0 fully saturated rings. The van der Waals surface area contributed by atoms with Crippen LogP contribution in [0.1, 0.15) is 17.3 Å². The number of carbonyl (C=O) groups excluding carboxylic acids is 2. The van der Waals surface area contributed by atoms with E-state index in [0.717, 1.165) is 10.9 Å². The second kappa shape index (κ2) is 9.14. The highest BCUT2D eigenvalue weighted by Crippen LogP contribution is 2.20. The van der Waals surface area contributed by atoms with Crippen molar-refractivity contribution in [2.24, 2.45) is 0 Å². The van der Waals surface area contributed by atoms with Gasteiger partial charge in [-0.2, -0.15) is 4.72 Å². The van der Waals surface area contributed by atoms with Crippen LogP contribution in [0.4, 0.5) is 0 Å². The van der Waals surface area contributed by atoms with Crippen LogP contribution >= 0.6 is 0 Å². The van der Waals surface area contributed by atoms with Gasteiger partial charge in [-0.25, -0.2) is 8.42 Å². The van der Waals surface area contributed by atoms with Crippen molar-refractivity contribution in [2.75, 3.05) is 6.61 Å². The number of hydrogen-bond acceptors (Lipinski definition) is 6. The summed E-state index contributed by atoms with van der Waals surface area (Å²) >= 11 is 0. The van der Waals surface area contributed by atoms with Gasteiger partial charge < -0.3 is 14.8 Å². The van der Waals surface area contributed by atoms with Gasteiger partial charge in [0.15, 0.2) is 6.61 Å². The molecule has 8 nitrogen and oxygen atoms in total. The second-order valence-electron chi connectivity index (χ2n) is 7.63. The van der Waals surface area contributed by atoms with Gasteiger partial charge in [0.25, 0.3) is 0 Å². The van der Waals surface area contributed by atoms with Crippen LogP contribution in [0.5, 0.6) is 0 Å². The van der Waals surface area contributed by atoms with E-state index in [1.165, 1.54) is 25.3 Å². The summed E-state index contributed by atoms with van der Waals surface area (Å²) in [6.45, 7) is 0.665. The third-order valence-corrected chi connectivity index (χ3v) is 6.72. The molecule has 1 aromatic heterocycles. The van der Waals surface area contributed by atoms with E-state index in [1.807, 2.05) is 24.3 Å². The monoisotopic (exact) mass is 466 g/mol. The van der Waals surface area contributed by atoms with Crippen molar-refractivity contribution in [3.8, 4) is 0 Å². The van der Waals surface area contributed by atoms with Crippen LogP contribution in [0.15, 0.2) is 77.8 Å². The molecule has 1 heterocycles. The molecule has 0 spiro atoms. The summed E-state index contributed by atoms with van der Waals surface area (Å²) in [7, 11) is -4.15. The molecule has 33 heavy (non-hydrogen) atoms. The minimum atomic E-state index is -4.15. The SMILES string of the molecule is C[C@@H](O)[C@@H](NS(=O)(=O)c1ccc2ccccc2c1)C(=O)OCC(=O)c1c[nH]c2ccccc12. The number of aliphatic hydroxyl groups excluding tert-OH is 1. The number of benzene rings is 3. The number of hydrogen-bond donors (Lipinski definition) is 3. The number of esters is 1. The minimum Gasteiger partial charge on any atom is -0.456 e. The molecule has 0 saturated carbocycles. The van der Waals surface area contributed by atoms with Crippen LogP contribution in [0, 0.1) is 0 Å². The Balaban J connectivity index is 1.48. The number of ketones is 1. The van der Waals surface area contributed by atoms with Crippen molar-refractivity contribution in [2.45, 2.75) is 24.0 Å². The van der Waals surface area contributed by atoms with E-state index in [1.54, 1.807) is 30.3 Å². The quantitative estimate of drug-likeness (QED) is 0.271. The molecule has 0 radical (unpaired) electrons. The first-order valence-electron chi connectivity index (χ1n) is 10.2. The Morgan fingerprint density at radius 2 is 1.73 bits per heavy atom. The minimum absolute atomic E-state index is 0.0606. The number of para-hydroxylation sites is 1. The lowest BCUT2D eigenvalue weighted by atomic mass is 10.1. The fraction of sp³-hybridized carbons (Fsp3) is 0.167. The van der Waals surface area contributed by atoms with Crippen molar-refractivity contribution in [3.05, 3.63) is 78.5 Å². The third-order valence-electron chi connectivity index (χ3n) is 5.28. The summed E-state index contributed by atoms with van der Waals surface area (Å²) in [5.41, 5.74) is 1.11. The van der Waals surface area contributed by atoms with Crippen LogP contribution < -0.4 is 4.72 Å². The van der Waals surface area contributed by atoms with E-state index in [-0.39, 0.29) is 4.90 Å². The molecular weight excluding hydrogens is 444 g/mol. The first-order chi connectivity index (χ1) is 15.8. The highest BCUT2D eigenvalue weighted by Gasteiger charge is 2.31. The Hall–Kier alpha value is -3.53. The van der Waals surface area contributed by atoms with Gasteiger partial charge in [-0.05, 0) is 35.9 Å². The van der Waals surface area contributed by atoms with E-state index < -0.39 is 40.5 Å². The van der Waals surface area contributed by atoms with Gasteiger partial charge in [0.05, 0.1) is 11.0 Å². The Bertz CT molecular complexity index is 1440. The molecule has 0 saturated heterocycles. The fourth-order valence-corrected chi connectivity index (χ4v) is 4.81. The molecule has 3 N–H and O–H groups in total. The van der Waals surface area contributed by atoms with Crippen LogP contribution in [0.2, 0.25) is 0 Å². The molecule has 4 aromatic rings. The van der Waals surface area contributed by atoms with Crippen LogP contribution in [-0.2, 0) is 19.6 Å². The molecule has 9 heteroatoms. The molecule has 2 atom stereocenters. The number of rotatable bonds is 8. The number of H-pyrrole nitrogens is 1. The molecule has 0 aliphatic rings. The number of Topliss-reactive ketones (excluding diaryl/α,β-unsaturated/α-hetero) is 1. The van der Waals surface area contributed by atoms with E-state index in [9.17, 15) is 23.1 Å². The maximum absolute atomic E-state index is 12.9. The summed E-state index contributed by atoms with van der Waals surface area (Å²) in [6.07, 6.45) is 0.131. The molecule has 0 aliphatic carbocycles. The third kappa shape index (κ3) is 4.80. The summed E-state index contributed by atoms with van der Waals surface area (Å²) in [5, 5.41) is 12.3. The normalized spacial score (nSPS) is 13.6. The predicted octanol–water partition coefficient (Wildman–Crippen LogP) is 2.77. The Labute approximate surface area is 190 Å². The number of carbonyl (C=O) groups is 2. The lowest BCUT2D eigenvalue weighted by Gasteiger charge is -2.20. The van der Waals surface area contributed by atoms with Gasteiger partial charge in [0, 0.05) is 22.7 Å². The molecule has 0 amide bonds. The average molecular weight is 467 g/mol. The lowest BCUT2D eigenvalue weighted by molar-refractivity contribution is -0.147. The topological polar surface area (TPSA) is 126 Å². The maximum atomic E-state index is 12.9. The number of fused-ring (bicyclic) bond motifs is 2. The molecule has 4 rings (SSSR count). The van der Waals surface area contributed by atoms with E-state index in [4.69, 9.17) is 4.74 Å². The van der Waals surface area contributed by atoms with Crippen molar-refractivity contribution in [1.82, 2.24) is 9.71 Å². The van der Waals surface area contributed by atoms with Gasteiger partial charge in [-0.15, -0.1) is 0 Å². The number of nitrogens with one attached hydrogen (secondary N) is 2. The Kier molecular flexibility index (Phi) is 6.28. The number of aromatic amines is 1. The summed E-state index contributed by atoms with van der Waals surface area (Å²) in [4.78, 5) is 28.0. The fourth-order valence-electron chi connectivity index (χ4n) is 3.52. The Morgan fingerprint density at radius 1 is 1.03 bits per heavy atom. The zero-order chi connectivity index (χ0) is 23.6. The molecule has 0 bridgehead atoms. The molecule has 170 valence electrons. The number of sulfonamides is 1. The van der Waals surface area contributed by atoms with Crippen molar-refractivity contribution < 1.29 is 27.9 Å². The Morgan fingerprint density at radius 3 is 2.48 bits per heavy atom. The highest BCUT2D eigenvalue weighted by molar-refractivity contribution is 7.89. The van der Waals surface area contributed by atoms with E-state index >= 15 is 0 Å². The van der Waals surface area contributed by atoms with Crippen molar-refractivity contribution in [1.29, 1.82) is 0 Å². The lowest BCUT2D eigenvalue weighted by Crippen LogP contribution is -2.48. The smallest absolute Gasteiger partial charge is 0.327 e. The molecular formula is C24H22N2O6S. The number of aromatic nitrogens is 1. The number of ether oxygens (including phenoxy) is 1. The van der Waals surface area contributed by atoms with Gasteiger partial charge >= 0.3 is 5.97 Å². The van der Waals surface area contributed by atoms with Gasteiger partial charge in [0.2, 0.25) is 15.8 Å².